The standard InChI is InChI=1S/C20H22FN5O2S2/c1-16-6-8-17(9-7-16)30(27,28)24-12-10-23(11-13-24)15-26-20(29)25(14-22-26)19-5-3-2-4-18(19)21/h2-9,14H,10-13,15H2,1H3. The van der Waals surface area contributed by atoms with E-state index in [1.54, 1.807) is 47.1 Å². The van der Waals surface area contributed by atoms with Crippen LogP contribution in [-0.2, 0) is 16.7 Å². The van der Waals surface area contributed by atoms with Gasteiger partial charge in [-0.05, 0) is 43.4 Å². The Morgan fingerprint density at radius 2 is 1.70 bits per heavy atom. The first-order chi connectivity index (χ1) is 14.4. The lowest BCUT2D eigenvalue weighted by Gasteiger charge is -2.33. The van der Waals surface area contributed by atoms with Crippen molar-refractivity contribution in [1.29, 1.82) is 0 Å². The second kappa shape index (κ2) is 8.38. The summed E-state index contributed by atoms with van der Waals surface area (Å²) in [6, 6.07) is 13.3. The van der Waals surface area contributed by atoms with E-state index in [1.165, 1.54) is 21.3 Å². The van der Waals surface area contributed by atoms with Crippen LogP contribution in [0, 0.1) is 17.5 Å². The predicted molar refractivity (Wildman–Crippen MR) is 114 cm³/mol. The minimum atomic E-state index is -3.50. The summed E-state index contributed by atoms with van der Waals surface area (Å²) in [5, 5.41) is 4.29. The summed E-state index contributed by atoms with van der Waals surface area (Å²) in [5.74, 6) is -0.372. The van der Waals surface area contributed by atoms with E-state index in [1.807, 2.05) is 6.92 Å². The topological polar surface area (TPSA) is 63.4 Å². The minimum absolute atomic E-state index is 0.312. The second-order valence-electron chi connectivity index (χ2n) is 7.21. The van der Waals surface area contributed by atoms with Crippen molar-refractivity contribution in [3.63, 3.8) is 0 Å². The molecule has 30 heavy (non-hydrogen) atoms. The van der Waals surface area contributed by atoms with Gasteiger partial charge in [-0.25, -0.2) is 17.5 Å². The molecule has 2 heterocycles. The quantitative estimate of drug-likeness (QED) is 0.563. The van der Waals surface area contributed by atoms with Crippen molar-refractivity contribution in [2.45, 2.75) is 18.5 Å². The first kappa shape index (κ1) is 20.9. The highest BCUT2D eigenvalue weighted by Gasteiger charge is 2.28. The van der Waals surface area contributed by atoms with Gasteiger partial charge in [-0.1, -0.05) is 29.8 Å². The van der Waals surface area contributed by atoms with Crippen LogP contribution in [-0.4, -0.2) is 58.1 Å². The predicted octanol–water partition coefficient (Wildman–Crippen LogP) is 2.81. The molecule has 0 radical (unpaired) electrons. The summed E-state index contributed by atoms with van der Waals surface area (Å²) in [6.45, 7) is 4.22. The van der Waals surface area contributed by atoms with Crippen LogP contribution in [0.2, 0.25) is 0 Å². The molecule has 1 aliphatic rings. The summed E-state index contributed by atoms with van der Waals surface area (Å²) in [5.41, 5.74) is 1.37. The third kappa shape index (κ3) is 4.08. The summed E-state index contributed by atoms with van der Waals surface area (Å²) in [7, 11) is -3.50. The van der Waals surface area contributed by atoms with Crippen LogP contribution in [0.4, 0.5) is 4.39 Å². The second-order valence-corrected chi connectivity index (χ2v) is 9.51. The van der Waals surface area contributed by atoms with E-state index in [9.17, 15) is 12.8 Å². The SMILES string of the molecule is Cc1ccc(S(=O)(=O)N2CCN(Cn3ncn(-c4ccccc4F)c3=S)CC2)cc1. The number of aromatic nitrogens is 3. The van der Waals surface area contributed by atoms with Crippen LogP contribution < -0.4 is 0 Å². The molecule has 7 nitrogen and oxygen atoms in total. The molecule has 3 aromatic rings. The molecule has 0 bridgehead atoms. The lowest BCUT2D eigenvalue weighted by atomic mass is 10.2. The van der Waals surface area contributed by atoms with E-state index in [0.29, 0.717) is 48.2 Å². The van der Waals surface area contributed by atoms with E-state index >= 15 is 0 Å². The van der Waals surface area contributed by atoms with Gasteiger partial charge in [0.2, 0.25) is 14.8 Å². The zero-order valence-electron chi connectivity index (χ0n) is 16.5. The molecule has 0 N–H and O–H groups in total. The number of aryl methyl sites for hydroxylation is 1. The van der Waals surface area contributed by atoms with E-state index in [-0.39, 0.29) is 5.82 Å². The highest BCUT2D eigenvalue weighted by molar-refractivity contribution is 7.89. The molecule has 1 aromatic heterocycles. The van der Waals surface area contributed by atoms with Crippen molar-refractivity contribution in [2.75, 3.05) is 26.2 Å². The Kier molecular flexibility index (Phi) is 5.83. The third-order valence-electron chi connectivity index (χ3n) is 5.17. The molecule has 0 aliphatic carbocycles. The fraction of sp³-hybridized carbons (Fsp3) is 0.300. The largest absolute Gasteiger partial charge is 0.282 e. The van der Waals surface area contributed by atoms with Gasteiger partial charge in [-0.15, -0.1) is 0 Å². The van der Waals surface area contributed by atoms with Gasteiger partial charge in [0.1, 0.15) is 12.1 Å². The molecule has 10 heteroatoms. The number of sulfonamides is 1. The van der Waals surface area contributed by atoms with Crippen molar-refractivity contribution in [1.82, 2.24) is 23.6 Å². The third-order valence-corrected chi connectivity index (χ3v) is 7.49. The van der Waals surface area contributed by atoms with Crippen LogP contribution in [0.1, 0.15) is 5.56 Å². The van der Waals surface area contributed by atoms with E-state index < -0.39 is 10.0 Å². The van der Waals surface area contributed by atoms with Gasteiger partial charge in [-0.3, -0.25) is 9.47 Å². The zero-order chi connectivity index (χ0) is 21.3. The Morgan fingerprint density at radius 1 is 1.03 bits per heavy atom. The van der Waals surface area contributed by atoms with Gasteiger partial charge in [0, 0.05) is 26.2 Å². The molecule has 0 amide bonds. The van der Waals surface area contributed by atoms with E-state index in [2.05, 4.69) is 10.00 Å². The first-order valence-electron chi connectivity index (χ1n) is 9.55. The van der Waals surface area contributed by atoms with Crippen molar-refractivity contribution < 1.29 is 12.8 Å². The van der Waals surface area contributed by atoms with E-state index in [0.717, 1.165) is 5.56 Å². The number of benzene rings is 2. The number of halogens is 1. The lowest BCUT2D eigenvalue weighted by Crippen LogP contribution is -2.48. The van der Waals surface area contributed by atoms with Gasteiger partial charge >= 0.3 is 0 Å². The number of hydrogen-bond donors (Lipinski definition) is 0. The average molecular weight is 448 g/mol. The molecular weight excluding hydrogens is 425 g/mol. The van der Waals surface area contributed by atoms with Crippen molar-refractivity contribution in [3.8, 4) is 5.69 Å². The Hall–Kier alpha value is -2.40. The first-order valence-corrected chi connectivity index (χ1v) is 11.4. The molecule has 1 aliphatic heterocycles. The van der Waals surface area contributed by atoms with Gasteiger partial charge in [0.15, 0.2) is 0 Å². The Bertz CT molecular complexity index is 1200. The maximum absolute atomic E-state index is 14.1. The van der Waals surface area contributed by atoms with Crippen LogP contribution in [0.25, 0.3) is 5.69 Å². The van der Waals surface area contributed by atoms with Crippen LogP contribution in [0.15, 0.2) is 59.8 Å². The zero-order valence-corrected chi connectivity index (χ0v) is 18.1. The Labute approximate surface area is 180 Å². The van der Waals surface area contributed by atoms with Gasteiger partial charge in [0.25, 0.3) is 0 Å². The average Bonchev–Trinajstić information content (AvgIpc) is 3.09. The van der Waals surface area contributed by atoms with Crippen LogP contribution in [0.5, 0.6) is 0 Å². The Balaban J connectivity index is 1.43. The summed E-state index contributed by atoms with van der Waals surface area (Å²) in [4.78, 5) is 2.39. The van der Waals surface area contributed by atoms with Crippen molar-refractivity contribution in [2.24, 2.45) is 0 Å². The van der Waals surface area contributed by atoms with Gasteiger partial charge < -0.3 is 0 Å². The number of rotatable bonds is 5. The number of piperazine rings is 1. The van der Waals surface area contributed by atoms with Gasteiger partial charge in [0.05, 0.1) is 17.3 Å². The molecule has 1 saturated heterocycles. The van der Waals surface area contributed by atoms with Crippen molar-refractivity contribution >= 4 is 22.2 Å². The fourth-order valence-electron chi connectivity index (χ4n) is 3.41. The molecule has 0 spiro atoms. The lowest BCUT2D eigenvalue weighted by molar-refractivity contribution is 0.144. The molecule has 4 rings (SSSR count). The Morgan fingerprint density at radius 3 is 2.37 bits per heavy atom. The fourth-order valence-corrected chi connectivity index (χ4v) is 5.08. The maximum Gasteiger partial charge on any atom is 0.243 e. The molecule has 1 fully saturated rings. The molecule has 2 aromatic carbocycles. The molecule has 158 valence electrons. The highest BCUT2D eigenvalue weighted by atomic mass is 32.2. The normalized spacial score (nSPS) is 16.1. The summed E-state index contributed by atoms with van der Waals surface area (Å²) < 4.78 is 44.8. The molecular formula is C20H22FN5O2S2. The number of para-hydroxylation sites is 1. The molecule has 0 unspecified atom stereocenters. The molecule has 0 saturated carbocycles. The number of nitrogens with zero attached hydrogens (tertiary/aromatic N) is 5. The minimum Gasteiger partial charge on any atom is -0.282 e. The smallest absolute Gasteiger partial charge is 0.243 e. The highest BCUT2D eigenvalue weighted by Crippen LogP contribution is 2.19. The summed E-state index contributed by atoms with van der Waals surface area (Å²) in [6.07, 6.45) is 1.50. The summed E-state index contributed by atoms with van der Waals surface area (Å²) >= 11 is 5.46. The van der Waals surface area contributed by atoms with Crippen LogP contribution in [0.3, 0.4) is 0 Å². The molecule has 0 atom stereocenters. The maximum atomic E-state index is 14.1. The van der Waals surface area contributed by atoms with Crippen molar-refractivity contribution in [3.05, 3.63) is 71.0 Å². The van der Waals surface area contributed by atoms with E-state index in [4.69, 9.17) is 12.2 Å². The van der Waals surface area contributed by atoms with Gasteiger partial charge in [-0.2, -0.15) is 9.40 Å². The van der Waals surface area contributed by atoms with Crippen LogP contribution >= 0.6 is 12.2 Å². The number of hydrogen-bond acceptors (Lipinski definition) is 5. The monoisotopic (exact) mass is 447 g/mol.